The zero-order chi connectivity index (χ0) is 57.1. The van der Waals surface area contributed by atoms with Crippen LogP contribution in [0.15, 0.2) is 182 Å². The van der Waals surface area contributed by atoms with Crippen molar-refractivity contribution < 1.29 is 28.6 Å². The van der Waals surface area contributed by atoms with Crippen LogP contribution in [0.1, 0.15) is 239 Å². The zero-order valence-corrected chi connectivity index (χ0v) is 50.3. The van der Waals surface area contributed by atoms with Crippen LogP contribution in [-0.4, -0.2) is 37.2 Å². The Kier molecular flexibility index (Phi) is 60.5. The molecule has 0 amide bonds. The standard InChI is InChI=1S/C73H112O6/c1-4-7-10-13-16-19-22-25-28-30-32-33-34-35-36-37-38-39-41-42-45-48-51-54-57-60-63-66-72(75)78-69-70(68-77-71(74)65-62-59-56-53-50-47-44-27-24-21-18-15-12-9-6-3)79-73(76)67-64-61-58-55-52-49-46-43-40-31-29-26-23-20-17-14-11-8-5-2/h7-12,16-21,25-29,32-33,35-36,38-40,42-45,50,53,70H,4-6,13-15,22-24,30-31,34,37,41,46-49,51-52,54-69H2,1-3H3/b10-7-,11-8-,12-9-,19-16-,20-17-,21-18-,28-25-,29-26-,33-32-,36-35-,39-38-,43-40-,44-27-,45-42-,53-50-. The molecule has 0 aromatic heterocycles. The summed E-state index contributed by atoms with van der Waals surface area (Å²) in [4.78, 5) is 38.3. The number of allylic oxidation sites excluding steroid dienone is 30. The Balaban J connectivity index is 4.50. The van der Waals surface area contributed by atoms with Gasteiger partial charge in [0.05, 0.1) is 0 Å². The first-order valence-electron chi connectivity index (χ1n) is 31.3. The highest BCUT2D eigenvalue weighted by Gasteiger charge is 2.19. The van der Waals surface area contributed by atoms with Crippen LogP contribution in [0.3, 0.4) is 0 Å². The van der Waals surface area contributed by atoms with Crippen LogP contribution in [-0.2, 0) is 28.6 Å². The van der Waals surface area contributed by atoms with Crippen LogP contribution in [0.25, 0.3) is 0 Å². The normalized spacial score (nSPS) is 13.4. The third-order valence-electron chi connectivity index (χ3n) is 12.4. The number of hydrogen-bond donors (Lipinski definition) is 0. The van der Waals surface area contributed by atoms with E-state index >= 15 is 0 Å². The Morgan fingerprint density at radius 2 is 0.456 bits per heavy atom. The summed E-state index contributed by atoms with van der Waals surface area (Å²) in [6, 6.07) is 0. The van der Waals surface area contributed by atoms with Gasteiger partial charge in [-0.1, -0.05) is 248 Å². The highest BCUT2D eigenvalue weighted by atomic mass is 16.6. The first kappa shape index (κ1) is 73.5. The van der Waals surface area contributed by atoms with E-state index in [9.17, 15) is 14.4 Å². The summed E-state index contributed by atoms with van der Waals surface area (Å²) in [5, 5.41) is 0. The smallest absolute Gasteiger partial charge is 0.306 e. The summed E-state index contributed by atoms with van der Waals surface area (Å²) >= 11 is 0. The van der Waals surface area contributed by atoms with Gasteiger partial charge in [-0.15, -0.1) is 0 Å². The number of rotatable bonds is 54. The van der Waals surface area contributed by atoms with Gasteiger partial charge in [0.25, 0.3) is 0 Å². The van der Waals surface area contributed by atoms with Crippen LogP contribution < -0.4 is 0 Å². The van der Waals surface area contributed by atoms with E-state index in [1.807, 2.05) is 0 Å². The summed E-state index contributed by atoms with van der Waals surface area (Å²) in [6.07, 6.45) is 97.5. The van der Waals surface area contributed by atoms with Gasteiger partial charge in [0, 0.05) is 19.3 Å². The summed E-state index contributed by atoms with van der Waals surface area (Å²) < 4.78 is 16.8. The maximum atomic E-state index is 12.9. The molecule has 0 aromatic rings. The monoisotopic (exact) mass is 1080 g/mol. The largest absolute Gasteiger partial charge is 0.462 e. The fourth-order valence-corrected chi connectivity index (χ4v) is 7.81. The number of esters is 3. The zero-order valence-electron chi connectivity index (χ0n) is 50.3. The van der Waals surface area contributed by atoms with Gasteiger partial charge in [0.15, 0.2) is 6.10 Å². The lowest BCUT2D eigenvalue weighted by molar-refractivity contribution is -0.167. The van der Waals surface area contributed by atoms with E-state index in [-0.39, 0.29) is 44.0 Å². The Bertz CT molecular complexity index is 1870. The second kappa shape index (κ2) is 65.0. The van der Waals surface area contributed by atoms with Crippen molar-refractivity contribution in [3.63, 3.8) is 0 Å². The van der Waals surface area contributed by atoms with E-state index in [4.69, 9.17) is 14.2 Å². The van der Waals surface area contributed by atoms with Gasteiger partial charge in [0.1, 0.15) is 13.2 Å². The van der Waals surface area contributed by atoms with E-state index in [0.717, 1.165) is 180 Å². The Labute approximate surface area is 484 Å². The van der Waals surface area contributed by atoms with Crippen LogP contribution >= 0.6 is 0 Å². The van der Waals surface area contributed by atoms with Crippen molar-refractivity contribution in [1.82, 2.24) is 0 Å². The van der Waals surface area contributed by atoms with Gasteiger partial charge in [-0.25, -0.2) is 0 Å². The molecule has 1 unspecified atom stereocenters. The fraction of sp³-hybridized carbons (Fsp3) is 0.548. The van der Waals surface area contributed by atoms with Crippen molar-refractivity contribution in [1.29, 1.82) is 0 Å². The van der Waals surface area contributed by atoms with Crippen LogP contribution in [0, 0.1) is 0 Å². The first-order valence-corrected chi connectivity index (χ1v) is 31.3. The minimum atomic E-state index is -0.824. The molecule has 0 heterocycles. The number of unbranched alkanes of at least 4 members (excludes halogenated alkanes) is 13. The molecule has 0 fully saturated rings. The molecule has 0 spiro atoms. The second-order valence-electron chi connectivity index (χ2n) is 19.8. The molecule has 0 radical (unpaired) electrons. The van der Waals surface area contributed by atoms with E-state index in [1.54, 1.807) is 0 Å². The number of ether oxygens (including phenoxy) is 3. The fourth-order valence-electron chi connectivity index (χ4n) is 7.81. The van der Waals surface area contributed by atoms with Gasteiger partial charge in [-0.05, 0) is 154 Å². The topological polar surface area (TPSA) is 78.9 Å². The number of hydrogen-bond acceptors (Lipinski definition) is 6. The van der Waals surface area contributed by atoms with E-state index in [1.165, 1.54) is 12.8 Å². The second-order valence-corrected chi connectivity index (χ2v) is 19.8. The lowest BCUT2D eigenvalue weighted by atomic mass is 10.1. The van der Waals surface area contributed by atoms with Gasteiger partial charge in [-0.3, -0.25) is 14.4 Å². The predicted molar refractivity (Wildman–Crippen MR) is 343 cm³/mol. The summed E-state index contributed by atoms with van der Waals surface area (Å²) in [5.74, 6) is -1.000. The molecule has 440 valence electrons. The molecule has 0 saturated heterocycles. The predicted octanol–water partition coefficient (Wildman–Crippen LogP) is 21.7. The molecule has 79 heavy (non-hydrogen) atoms. The maximum Gasteiger partial charge on any atom is 0.306 e. The molecule has 0 bridgehead atoms. The highest BCUT2D eigenvalue weighted by molar-refractivity contribution is 5.71. The average molecular weight is 1090 g/mol. The summed E-state index contributed by atoms with van der Waals surface area (Å²) in [5.41, 5.74) is 0. The highest BCUT2D eigenvalue weighted by Crippen LogP contribution is 2.13. The van der Waals surface area contributed by atoms with Crippen molar-refractivity contribution >= 4 is 17.9 Å². The van der Waals surface area contributed by atoms with Gasteiger partial charge < -0.3 is 14.2 Å². The minimum Gasteiger partial charge on any atom is -0.462 e. The Hall–Kier alpha value is -5.49. The molecule has 0 aliphatic rings. The molecular formula is C73H112O6. The van der Waals surface area contributed by atoms with Crippen LogP contribution in [0.2, 0.25) is 0 Å². The molecule has 6 heteroatoms. The lowest BCUT2D eigenvalue weighted by Gasteiger charge is -2.18. The van der Waals surface area contributed by atoms with Crippen molar-refractivity contribution in [2.75, 3.05) is 13.2 Å². The quantitative estimate of drug-likeness (QED) is 0.0261. The van der Waals surface area contributed by atoms with E-state index < -0.39 is 6.10 Å². The molecule has 0 N–H and O–H groups in total. The summed E-state index contributed by atoms with van der Waals surface area (Å²) in [6.45, 7) is 6.22. The van der Waals surface area contributed by atoms with Crippen molar-refractivity contribution in [2.45, 2.75) is 245 Å². The van der Waals surface area contributed by atoms with Gasteiger partial charge in [-0.2, -0.15) is 0 Å². The molecule has 0 aromatic carbocycles. The third kappa shape index (κ3) is 63.2. The van der Waals surface area contributed by atoms with Crippen molar-refractivity contribution in [3.05, 3.63) is 182 Å². The van der Waals surface area contributed by atoms with Gasteiger partial charge >= 0.3 is 17.9 Å². The molecule has 0 aliphatic heterocycles. The van der Waals surface area contributed by atoms with E-state index in [2.05, 4.69) is 203 Å². The molecule has 6 nitrogen and oxygen atoms in total. The Morgan fingerprint density at radius 1 is 0.253 bits per heavy atom. The Morgan fingerprint density at radius 3 is 0.734 bits per heavy atom. The molecular weight excluding hydrogens is 973 g/mol. The lowest BCUT2D eigenvalue weighted by Crippen LogP contribution is -2.30. The van der Waals surface area contributed by atoms with Crippen molar-refractivity contribution in [2.24, 2.45) is 0 Å². The first-order chi connectivity index (χ1) is 39.0. The van der Waals surface area contributed by atoms with Crippen molar-refractivity contribution in [3.8, 4) is 0 Å². The van der Waals surface area contributed by atoms with Gasteiger partial charge in [0.2, 0.25) is 0 Å². The third-order valence-corrected chi connectivity index (χ3v) is 12.4. The van der Waals surface area contributed by atoms with E-state index in [0.29, 0.717) is 12.8 Å². The molecule has 0 rings (SSSR count). The SMILES string of the molecule is CC/C=C\C/C=C\C/C=C\C/C=C\C/C=C\C/C=C\C/C=C\CCCCCCCC(=O)OCC(COC(=O)CCCC/C=C\C/C=C\C/C=C\C/C=C\CC)OC(=O)CCCCCCCC/C=C\C/C=C\C/C=C\C/C=C\CC. The maximum absolute atomic E-state index is 12.9. The summed E-state index contributed by atoms with van der Waals surface area (Å²) in [7, 11) is 0. The molecule has 1 atom stereocenters. The molecule has 0 aliphatic carbocycles. The van der Waals surface area contributed by atoms with Crippen LogP contribution in [0.4, 0.5) is 0 Å². The number of carbonyl (C=O) groups excluding carboxylic acids is 3. The molecule has 0 saturated carbocycles. The number of carbonyl (C=O) groups is 3. The minimum absolute atomic E-state index is 0.117. The van der Waals surface area contributed by atoms with Crippen LogP contribution in [0.5, 0.6) is 0 Å². The average Bonchev–Trinajstić information content (AvgIpc) is 3.45.